The van der Waals surface area contributed by atoms with Crippen LogP contribution in [0.2, 0.25) is 0 Å². The predicted molar refractivity (Wildman–Crippen MR) is 122 cm³/mol. The first-order valence-corrected chi connectivity index (χ1v) is 16.5. The average molecular weight is 512 g/mol. The fourth-order valence-corrected chi connectivity index (χ4v) is 4.12. The van der Waals surface area contributed by atoms with Crippen molar-refractivity contribution < 1.29 is 26.0 Å². The number of phenolic OH excluding ortho intramolecular Hbond substituents is 1. The summed E-state index contributed by atoms with van der Waals surface area (Å²) in [5.74, 6) is 1.68. The van der Waals surface area contributed by atoms with Crippen molar-refractivity contribution in [3.8, 4) is 5.75 Å². The van der Waals surface area contributed by atoms with Gasteiger partial charge >= 0.3 is 37.9 Å². The quantitative estimate of drug-likeness (QED) is 0.428. The molecule has 0 heterocycles. The van der Waals surface area contributed by atoms with Crippen molar-refractivity contribution >= 4 is 23.2 Å². The number of hydrogen-bond acceptors (Lipinski definition) is 2. The SMILES string of the molecule is CC1CCCC(N=Cc2cccc(C(C)(C)c3ccccc3)c2O)C1C.[Cl][Zr][Cl]. The number of hydrogen-bond donors (Lipinski definition) is 1. The zero-order valence-corrected chi connectivity index (χ0v) is 21.7. The number of halogens is 2. The topological polar surface area (TPSA) is 32.6 Å². The number of rotatable bonds is 4. The average Bonchev–Trinajstić information content (AvgIpc) is 2.71. The third kappa shape index (κ3) is 6.42. The van der Waals surface area contributed by atoms with Crippen molar-refractivity contribution in [2.45, 2.75) is 58.4 Å². The third-order valence-corrected chi connectivity index (χ3v) is 6.30. The summed E-state index contributed by atoms with van der Waals surface area (Å²) in [6.45, 7) is 8.94. The van der Waals surface area contributed by atoms with Crippen molar-refractivity contribution in [1.29, 1.82) is 0 Å². The first-order valence-electron chi connectivity index (χ1n) is 10.2. The molecule has 2 aromatic rings. The van der Waals surface area contributed by atoms with E-state index in [4.69, 9.17) is 22.0 Å². The molecular formula is C24H31Cl2NOZr. The van der Waals surface area contributed by atoms with E-state index in [2.05, 4.69) is 39.8 Å². The summed E-state index contributed by atoms with van der Waals surface area (Å²) >= 11 is -0.826. The van der Waals surface area contributed by atoms with Crippen LogP contribution in [0.25, 0.3) is 0 Å². The molecule has 3 unspecified atom stereocenters. The second-order valence-corrected chi connectivity index (χ2v) is 12.2. The van der Waals surface area contributed by atoms with Crippen LogP contribution in [0.4, 0.5) is 0 Å². The van der Waals surface area contributed by atoms with E-state index in [1.807, 2.05) is 42.6 Å². The second-order valence-electron chi connectivity index (χ2n) is 8.42. The van der Waals surface area contributed by atoms with Gasteiger partial charge in [-0.25, -0.2) is 0 Å². The Morgan fingerprint density at radius 1 is 1.03 bits per heavy atom. The summed E-state index contributed by atoms with van der Waals surface area (Å²) in [6, 6.07) is 16.7. The molecule has 0 spiro atoms. The fraction of sp³-hybridized carbons (Fsp3) is 0.458. The van der Waals surface area contributed by atoms with Crippen LogP contribution in [-0.2, 0) is 26.3 Å². The summed E-state index contributed by atoms with van der Waals surface area (Å²) in [5, 5.41) is 10.9. The van der Waals surface area contributed by atoms with Crippen LogP contribution in [0.3, 0.4) is 0 Å². The zero-order chi connectivity index (χ0) is 21.4. The van der Waals surface area contributed by atoms with E-state index in [9.17, 15) is 5.11 Å². The van der Waals surface area contributed by atoms with Gasteiger partial charge in [0.25, 0.3) is 0 Å². The number of benzene rings is 2. The standard InChI is InChI=1S/C24H31NO.2ClH.Zr/c1-17-10-8-15-22(18(17)2)25-16-19-11-9-14-21(23(19)26)24(3,4)20-12-6-5-7-13-20;;;/h5-7,9,11-14,16-18,22,26H,8,10,15H2,1-4H3;2*1H;/q;;;+2/p-2. The molecule has 3 atom stereocenters. The molecule has 1 N–H and O–H groups in total. The maximum absolute atomic E-state index is 10.9. The molecule has 0 bridgehead atoms. The van der Waals surface area contributed by atoms with Gasteiger partial charge in [0.05, 0.1) is 6.04 Å². The maximum atomic E-state index is 10.9. The first kappa shape index (κ1) is 24.6. The minimum atomic E-state index is -0.826. The van der Waals surface area contributed by atoms with Crippen LogP contribution in [0.5, 0.6) is 5.75 Å². The van der Waals surface area contributed by atoms with Gasteiger partial charge in [0.2, 0.25) is 0 Å². The van der Waals surface area contributed by atoms with Crippen LogP contribution < -0.4 is 0 Å². The Morgan fingerprint density at radius 2 is 1.69 bits per heavy atom. The predicted octanol–water partition coefficient (Wildman–Crippen LogP) is 7.34. The summed E-state index contributed by atoms with van der Waals surface area (Å²) < 4.78 is 0. The van der Waals surface area contributed by atoms with Crippen molar-refractivity contribution in [2.75, 3.05) is 0 Å². The van der Waals surface area contributed by atoms with Gasteiger partial charge in [0.1, 0.15) is 5.75 Å². The van der Waals surface area contributed by atoms with Crippen molar-refractivity contribution in [1.82, 2.24) is 0 Å². The van der Waals surface area contributed by atoms with Gasteiger partial charge < -0.3 is 5.11 Å². The Morgan fingerprint density at radius 3 is 2.34 bits per heavy atom. The summed E-state index contributed by atoms with van der Waals surface area (Å²) in [5.41, 5.74) is 2.69. The van der Waals surface area contributed by atoms with Crippen molar-refractivity contribution in [3.05, 3.63) is 65.2 Å². The van der Waals surface area contributed by atoms with Crippen LogP contribution in [0, 0.1) is 11.8 Å². The molecule has 1 fully saturated rings. The van der Waals surface area contributed by atoms with Crippen LogP contribution in [0.15, 0.2) is 53.5 Å². The van der Waals surface area contributed by atoms with Crippen molar-refractivity contribution in [3.63, 3.8) is 0 Å². The molecule has 1 aliphatic carbocycles. The molecule has 29 heavy (non-hydrogen) atoms. The number of aromatic hydroxyl groups is 1. The molecule has 156 valence electrons. The molecule has 1 saturated carbocycles. The second kappa shape index (κ2) is 11.7. The minimum absolute atomic E-state index is 0.262. The number of phenols is 1. The van der Waals surface area contributed by atoms with E-state index in [1.54, 1.807) is 0 Å². The molecule has 0 amide bonds. The number of nitrogens with zero attached hydrogens (tertiary/aromatic N) is 1. The van der Waals surface area contributed by atoms with Gasteiger partial charge in [-0.2, -0.15) is 0 Å². The molecule has 0 radical (unpaired) electrons. The van der Waals surface area contributed by atoms with Crippen LogP contribution >= 0.6 is 17.0 Å². The molecule has 2 nitrogen and oxygen atoms in total. The van der Waals surface area contributed by atoms with E-state index in [0.29, 0.717) is 17.7 Å². The molecular weight excluding hydrogens is 480 g/mol. The van der Waals surface area contributed by atoms with Gasteiger partial charge in [-0.05, 0) is 29.9 Å². The molecule has 0 aromatic heterocycles. The molecule has 3 rings (SSSR count). The summed E-state index contributed by atoms with van der Waals surface area (Å²) in [6.07, 6.45) is 5.59. The van der Waals surface area contributed by atoms with E-state index in [1.165, 1.54) is 18.4 Å². The first-order chi connectivity index (χ1) is 13.8. The Bertz CT molecular complexity index is 795. The fourth-order valence-electron chi connectivity index (χ4n) is 4.12. The Balaban J connectivity index is 0.000000941. The molecule has 1 aliphatic rings. The van der Waals surface area contributed by atoms with E-state index >= 15 is 0 Å². The summed E-state index contributed by atoms with van der Waals surface area (Å²) in [4.78, 5) is 4.86. The number of para-hydroxylation sites is 1. The van der Waals surface area contributed by atoms with E-state index in [0.717, 1.165) is 23.5 Å². The molecule has 2 aromatic carbocycles. The molecule has 5 heteroatoms. The normalized spacial score (nSPS) is 22.1. The van der Waals surface area contributed by atoms with Gasteiger partial charge in [-0.1, -0.05) is 83.0 Å². The Hall–Kier alpha value is -0.627. The monoisotopic (exact) mass is 509 g/mol. The van der Waals surface area contributed by atoms with E-state index < -0.39 is 20.8 Å². The summed E-state index contributed by atoms with van der Waals surface area (Å²) in [7, 11) is 9.87. The van der Waals surface area contributed by atoms with Crippen LogP contribution in [0.1, 0.15) is 63.6 Å². The molecule has 0 aliphatic heterocycles. The van der Waals surface area contributed by atoms with E-state index in [-0.39, 0.29) is 5.41 Å². The Labute approximate surface area is 194 Å². The third-order valence-electron chi connectivity index (χ3n) is 6.30. The van der Waals surface area contributed by atoms with Gasteiger partial charge in [-0.3, -0.25) is 4.99 Å². The van der Waals surface area contributed by atoms with Gasteiger partial charge in [-0.15, -0.1) is 0 Å². The van der Waals surface area contributed by atoms with Crippen molar-refractivity contribution in [2.24, 2.45) is 16.8 Å². The van der Waals surface area contributed by atoms with Gasteiger partial charge in [0.15, 0.2) is 0 Å². The van der Waals surface area contributed by atoms with Crippen LogP contribution in [-0.4, -0.2) is 17.4 Å². The number of aliphatic imine (C=N–C) groups is 1. The zero-order valence-electron chi connectivity index (χ0n) is 17.7. The Kier molecular flexibility index (Phi) is 9.92. The molecule has 0 saturated heterocycles. The van der Waals surface area contributed by atoms with Gasteiger partial charge in [0, 0.05) is 22.8 Å².